The van der Waals surface area contributed by atoms with Crippen molar-refractivity contribution in [1.29, 1.82) is 0 Å². The van der Waals surface area contributed by atoms with Crippen molar-refractivity contribution in [3.8, 4) is 37.0 Å². The van der Waals surface area contributed by atoms with Gasteiger partial charge >= 0.3 is 0 Å². The van der Waals surface area contributed by atoms with E-state index in [-0.39, 0.29) is 36.6 Å². The standard InChI is InChI=1S/3C8H14O2/c3*1-5-7(9)6-10-8(2,3)4/h3*1,7,9H,6H2,2-4H3/t2*7-;/m10./s1. The zero-order valence-electron chi connectivity index (χ0n) is 20.2. The third-order valence-electron chi connectivity index (χ3n) is 2.60. The molecule has 0 radical (unpaired) electrons. The van der Waals surface area contributed by atoms with E-state index in [1.807, 2.05) is 62.3 Å². The molecule has 0 rings (SSSR count). The summed E-state index contributed by atoms with van der Waals surface area (Å²) in [6.07, 6.45) is 12.4. The van der Waals surface area contributed by atoms with E-state index < -0.39 is 18.3 Å². The maximum absolute atomic E-state index is 8.86. The number of hydrogen-bond donors (Lipinski definition) is 3. The Morgan fingerprint density at radius 1 is 0.533 bits per heavy atom. The maximum atomic E-state index is 8.86. The minimum Gasteiger partial charge on any atom is -0.378 e. The van der Waals surface area contributed by atoms with Gasteiger partial charge in [-0.3, -0.25) is 0 Å². The Kier molecular flexibility index (Phi) is 17.8. The highest BCUT2D eigenvalue weighted by Crippen LogP contribution is 2.07. The zero-order valence-corrected chi connectivity index (χ0v) is 20.2. The summed E-state index contributed by atoms with van der Waals surface area (Å²) in [6.45, 7) is 17.8. The van der Waals surface area contributed by atoms with Gasteiger partial charge in [-0.05, 0) is 62.3 Å². The van der Waals surface area contributed by atoms with Gasteiger partial charge < -0.3 is 29.5 Å². The van der Waals surface area contributed by atoms with Gasteiger partial charge in [0, 0.05) is 0 Å². The first-order chi connectivity index (χ1) is 13.4. The smallest absolute Gasteiger partial charge is 0.137 e. The molecule has 174 valence electrons. The number of aliphatic hydroxyl groups excluding tert-OH is 3. The highest BCUT2D eigenvalue weighted by Gasteiger charge is 2.13. The second-order valence-electron chi connectivity index (χ2n) is 9.32. The molecule has 30 heavy (non-hydrogen) atoms. The molecule has 0 spiro atoms. The molecular formula is C24H42O6. The molecule has 0 aromatic rings. The van der Waals surface area contributed by atoms with Crippen LogP contribution in [0.2, 0.25) is 0 Å². The Morgan fingerprint density at radius 3 is 0.800 bits per heavy atom. The summed E-state index contributed by atoms with van der Waals surface area (Å²) in [7, 11) is 0. The molecule has 0 saturated carbocycles. The van der Waals surface area contributed by atoms with Crippen LogP contribution in [-0.2, 0) is 14.2 Å². The van der Waals surface area contributed by atoms with Crippen LogP contribution < -0.4 is 0 Å². The number of ether oxygens (including phenoxy) is 3. The average molecular weight is 427 g/mol. The number of aliphatic hydroxyl groups is 3. The van der Waals surface area contributed by atoms with Crippen molar-refractivity contribution < 1.29 is 29.5 Å². The van der Waals surface area contributed by atoms with Crippen LogP contribution in [0.3, 0.4) is 0 Å². The second-order valence-corrected chi connectivity index (χ2v) is 9.32. The lowest BCUT2D eigenvalue weighted by Gasteiger charge is -2.19. The molecule has 1 unspecified atom stereocenters. The first kappa shape index (κ1) is 33.1. The van der Waals surface area contributed by atoms with Gasteiger partial charge in [-0.25, -0.2) is 0 Å². The van der Waals surface area contributed by atoms with Crippen LogP contribution in [0.5, 0.6) is 0 Å². The summed E-state index contributed by atoms with van der Waals surface area (Å²) in [5, 5.41) is 26.6. The van der Waals surface area contributed by atoms with Crippen LogP contribution in [0, 0.1) is 37.0 Å². The van der Waals surface area contributed by atoms with Gasteiger partial charge in [0.25, 0.3) is 0 Å². The van der Waals surface area contributed by atoms with Crippen LogP contribution in [0.15, 0.2) is 0 Å². The van der Waals surface area contributed by atoms with Crippen LogP contribution in [0.25, 0.3) is 0 Å². The molecule has 6 nitrogen and oxygen atoms in total. The van der Waals surface area contributed by atoms with Crippen LogP contribution >= 0.6 is 0 Å². The van der Waals surface area contributed by atoms with E-state index in [0.717, 1.165) is 0 Å². The van der Waals surface area contributed by atoms with E-state index in [9.17, 15) is 0 Å². The number of hydrogen-bond acceptors (Lipinski definition) is 6. The minimum atomic E-state index is -0.778. The Labute approximate surface area is 184 Å². The van der Waals surface area contributed by atoms with Crippen LogP contribution in [0.1, 0.15) is 62.3 Å². The van der Waals surface area contributed by atoms with Gasteiger partial charge in [0.1, 0.15) is 18.3 Å². The number of rotatable bonds is 6. The van der Waals surface area contributed by atoms with Crippen molar-refractivity contribution in [3.05, 3.63) is 0 Å². The van der Waals surface area contributed by atoms with E-state index >= 15 is 0 Å². The van der Waals surface area contributed by atoms with E-state index in [1.165, 1.54) is 0 Å². The molecule has 0 aromatic heterocycles. The molecule has 0 amide bonds. The fraction of sp³-hybridized carbons (Fsp3) is 0.750. The highest BCUT2D eigenvalue weighted by molar-refractivity contribution is 4.94. The quantitative estimate of drug-likeness (QED) is 0.565. The topological polar surface area (TPSA) is 88.4 Å². The van der Waals surface area contributed by atoms with Crippen molar-refractivity contribution in [2.75, 3.05) is 19.8 Å². The van der Waals surface area contributed by atoms with Gasteiger partial charge in [0.2, 0.25) is 0 Å². The van der Waals surface area contributed by atoms with Gasteiger partial charge in [-0.2, -0.15) is 0 Å². The largest absolute Gasteiger partial charge is 0.378 e. The first-order valence-corrected chi connectivity index (χ1v) is 9.71. The molecule has 0 heterocycles. The maximum Gasteiger partial charge on any atom is 0.137 e. The van der Waals surface area contributed by atoms with Crippen molar-refractivity contribution >= 4 is 0 Å². The van der Waals surface area contributed by atoms with Crippen LogP contribution in [-0.4, -0.2) is 70.3 Å². The summed E-state index contributed by atoms with van der Waals surface area (Å²) in [5.41, 5.74) is -0.673. The molecule has 0 fully saturated rings. The van der Waals surface area contributed by atoms with Crippen molar-refractivity contribution in [1.82, 2.24) is 0 Å². The van der Waals surface area contributed by atoms with Crippen molar-refractivity contribution in [2.45, 2.75) is 97.4 Å². The van der Waals surface area contributed by atoms with Gasteiger partial charge in [0.15, 0.2) is 0 Å². The van der Waals surface area contributed by atoms with Gasteiger partial charge in [0.05, 0.1) is 36.6 Å². The molecule has 0 aliphatic rings. The molecule has 3 atom stereocenters. The SMILES string of the molecule is C#CC(O)COC(C)(C)C.C#C[C@@H](O)COC(C)(C)C.C#C[C@H](O)COC(C)(C)C. The Morgan fingerprint density at radius 2 is 0.700 bits per heavy atom. The molecule has 3 N–H and O–H groups in total. The zero-order chi connectivity index (χ0) is 24.6. The molecule has 0 aliphatic heterocycles. The second kappa shape index (κ2) is 16.2. The Bertz CT molecular complexity index is 462. The van der Waals surface area contributed by atoms with E-state index in [0.29, 0.717) is 0 Å². The molecule has 0 saturated heterocycles. The van der Waals surface area contributed by atoms with Crippen LogP contribution in [0.4, 0.5) is 0 Å². The molecule has 0 bridgehead atoms. The average Bonchev–Trinajstić information content (AvgIpc) is 2.61. The third-order valence-corrected chi connectivity index (χ3v) is 2.60. The number of terminal acetylenes is 3. The summed E-state index contributed by atoms with van der Waals surface area (Å²) >= 11 is 0. The lowest BCUT2D eigenvalue weighted by molar-refractivity contribution is -0.0346. The predicted octanol–water partition coefficient (Wildman–Crippen LogP) is 2.39. The van der Waals surface area contributed by atoms with E-state index in [4.69, 9.17) is 48.8 Å². The fourth-order valence-corrected chi connectivity index (χ4v) is 1.13. The lowest BCUT2D eigenvalue weighted by Crippen LogP contribution is -2.25. The molecular weight excluding hydrogens is 384 g/mol. The lowest BCUT2D eigenvalue weighted by atomic mass is 10.2. The fourth-order valence-electron chi connectivity index (χ4n) is 1.13. The first-order valence-electron chi connectivity index (χ1n) is 9.71. The highest BCUT2D eigenvalue weighted by atomic mass is 16.5. The summed E-state index contributed by atoms with van der Waals surface area (Å²) in [5.74, 6) is 6.50. The van der Waals surface area contributed by atoms with Gasteiger partial charge in [-0.1, -0.05) is 17.8 Å². The molecule has 0 aromatic carbocycles. The van der Waals surface area contributed by atoms with E-state index in [2.05, 4.69) is 17.8 Å². The van der Waals surface area contributed by atoms with Gasteiger partial charge in [-0.15, -0.1) is 19.3 Å². The monoisotopic (exact) mass is 426 g/mol. The van der Waals surface area contributed by atoms with Crippen molar-refractivity contribution in [3.63, 3.8) is 0 Å². The van der Waals surface area contributed by atoms with E-state index in [1.54, 1.807) is 0 Å². The normalized spacial score (nSPS) is 14.3. The third kappa shape index (κ3) is 34.0. The summed E-state index contributed by atoms with van der Waals surface area (Å²) < 4.78 is 15.6. The minimum absolute atomic E-state index is 0.208. The molecule has 0 aliphatic carbocycles. The Hall–Kier alpha value is -1.56. The summed E-state index contributed by atoms with van der Waals surface area (Å²) in [6, 6.07) is 0. The Balaban J connectivity index is -0.000000364. The predicted molar refractivity (Wildman–Crippen MR) is 122 cm³/mol. The molecule has 6 heteroatoms. The van der Waals surface area contributed by atoms with Crippen molar-refractivity contribution in [2.24, 2.45) is 0 Å². The summed E-state index contributed by atoms with van der Waals surface area (Å²) in [4.78, 5) is 0.